The van der Waals surface area contributed by atoms with Crippen LogP contribution in [0.15, 0.2) is 78.5 Å². The van der Waals surface area contributed by atoms with Gasteiger partial charge in [0.15, 0.2) is 11.6 Å². The average molecular weight is 350 g/mol. The summed E-state index contributed by atoms with van der Waals surface area (Å²) in [5.74, 6) is 0.162. The standard InChI is InChI=1S/C22H14N4O/c23-13-16-19-12-15(21(27)14-6-2-1-3-7-14)10-11-26(19)22-20(16)24-17-8-4-5-9-18(17)25-22/h1-12,16,19H/t16-,19-/m1/s1. The summed E-state index contributed by atoms with van der Waals surface area (Å²) in [6.45, 7) is 0. The van der Waals surface area contributed by atoms with Crippen molar-refractivity contribution in [2.45, 2.75) is 12.0 Å². The molecule has 0 N–H and O–H groups in total. The van der Waals surface area contributed by atoms with Crippen LogP contribution in [-0.4, -0.2) is 21.8 Å². The van der Waals surface area contributed by atoms with Crippen molar-refractivity contribution < 1.29 is 4.79 Å². The molecule has 2 atom stereocenters. The predicted octanol–water partition coefficient (Wildman–Crippen LogP) is 3.76. The van der Waals surface area contributed by atoms with Crippen molar-refractivity contribution in [3.63, 3.8) is 0 Å². The Morgan fingerprint density at radius 2 is 1.70 bits per heavy atom. The number of carbonyl (C=O) groups is 1. The van der Waals surface area contributed by atoms with Gasteiger partial charge in [0, 0.05) is 17.3 Å². The van der Waals surface area contributed by atoms with E-state index >= 15 is 0 Å². The summed E-state index contributed by atoms with van der Waals surface area (Å²) in [5, 5.41) is 9.78. The number of carbonyl (C=O) groups excluding carboxylic acids is 1. The Bertz CT molecular complexity index is 1170. The predicted molar refractivity (Wildman–Crippen MR) is 102 cm³/mol. The van der Waals surface area contributed by atoms with E-state index in [0.717, 1.165) is 11.0 Å². The lowest BCUT2D eigenvalue weighted by atomic mass is 9.94. The van der Waals surface area contributed by atoms with Gasteiger partial charge in [-0.2, -0.15) is 5.26 Å². The molecule has 0 unspecified atom stereocenters. The maximum Gasteiger partial charge on any atom is 0.192 e. The molecule has 5 nitrogen and oxygen atoms in total. The molecule has 0 aliphatic carbocycles. The maximum atomic E-state index is 12.8. The zero-order chi connectivity index (χ0) is 18.4. The number of nitrogens with zero attached hydrogens (tertiary/aromatic N) is 4. The molecule has 5 heteroatoms. The molecule has 3 aromatic rings. The van der Waals surface area contributed by atoms with Crippen molar-refractivity contribution in [3.05, 3.63) is 89.8 Å². The number of ketones is 1. The molecule has 0 radical (unpaired) electrons. The van der Waals surface area contributed by atoms with Crippen molar-refractivity contribution in [2.24, 2.45) is 0 Å². The van der Waals surface area contributed by atoms with Crippen molar-refractivity contribution in [3.8, 4) is 6.07 Å². The van der Waals surface area contributed by atoms with Gasteiger partial charge < -0.3 is 4.90 Å². The van der Waals surface area contributed by atoms with E-state index in [1.54, 1.807) is 18.2 Å². The van der Waals surface area contributed by atoms with Gasteiger partial charge in [-0.25, -0.2) is 9.97 Å². The number of allylic oxidation sites excluding steroid dienone is 2. The van der Waals surface area contributed by atoms with Crippen LogP contribution in [-0.2, 0) is 0 Å². The molecule has 0 saturated carbocycles. The quantitative estimate of drug-likeness (QED) is 0.658. The van der Waals surface area contributed by atoms with Gasteiger partial charge in [0.2, 0.25) is 0 Å². The lowest BCUT2D eigenvalue weighted by molar-refractivity contribution is 0.103. The van der Waals surface area contributed by atoms with Gasteiger partial charge in [-0.1, -0.05) is 42.5 Å². The number of para-hydroxylation sites is 2. The molecule has 0 fully saturated rings. The Labute approximate surface area is 155 Å². The molecule has 27 heavy (non-hydrogen) atoms. The topological polar surface area (TPSA) is 69.9 Å². The number of rotatable bonds is 2. The zero-order valence-corrected chi connectivity index (χ0v) is 14.3. The summed E-state index contributed by atoms with van der Waals surface area (Å²) < 4.78 is 0. The van der Waals surface area contributed by atoms with E-state index in [1.165, 1.54) is 0 Å². The first kappa shape index (κ1) is 15.5. The Hall–Kier alpha value is -3.78. The van der Waals surface area contributed by atoms with Crippen LogP contribution in [0.1, 0.15) is 22.0 Å². The van der Waals surface area contributed by atoms with Crippen molar-refractivity contribution in [2.75, 3.05) is 4.90 Å². The van der Waals surface area contributed by atoms with Crippen LogP contribution in [0.2, 0.25) is 0 Å². The number of anilines is 1. The number of fused-ring (bicyclic) bond motifs is 4. The van der Waals surface area contributed by atoms with Crippen LogP contribution >= 0.6 is 0 Å². The van der Waals surface area contributed by atoms with Gasteiger partial charge in [-0.3, -0.25) is 4.79 Å². The Balaban J connectivity index is 1.59. The molecule has 5 rings (SSSR count). The number of nitriles is 1. The highest BCUT2D eigenvalue weighted by molar-refractivity contribution is 6.11. The van der Waals surface area contributed by atoms with E-state index in [9.17, 15) is 10.1 Å². The molecular weight excluding hydrogens is 336 g/mol. The summed E-state index contributed by atoms with van der Waals surface area (Å²) >= 11 is 0. The van der Waals surface area contributed by atoms with E-state index < -0.39 is 5.92 Å². The van der Waals surface area contributed by atoms with Crippen LogP contribution in [0.5, 0.6) is 0 Å². The van der Waals surface area contributed by atoms with E-state index in [2.05, 4.69) is 11.1 Å². The van der Waals surface area contributed by atoms with Crippen molar-refractivity contribution in [1.82, 2.24) is 9.97 Å². The number of aromatic nitrogens is 2. The molecule has 128 valence electrons. The highest BCUT2D eigenvalue weighted by Crippen LogP contribution is 2.42. The Morgan fingerprint density at radius 3 is 2.44 bits per heavy atom. The number of Topliss-reactive ketones (excluding diaryl/α,β-unsaturated/α-hetero) is 1. The molecule has 0 bridgehead atoms. The van der Waals surface area contributed by atoms with E-state index in [-0.39, 0.29) is 11.8 Å². The highest BCUT2D eigenvalue weighted by Gasteiger charge is 2.41. The van der Waals surface area contributed by atoms with Crippen LogP contribution < -0.4 is 4.90 Å². The summed E-state index contributed by atoms with van der Waals surface area (Å²) in [7, 11) is 0. The van der Waals surface area contributed by atoms with Gasteiger partial charge >= 0.3 is 0 Å². The Morgan fingerprint density at radius 1 is 1.00 bits per heavy atom. The summed E-state index contributed by atoms with van der Waals surface area (Å²) in [5.41, 5.74) is 3.44. The third kappa shape index (κ3) is 2.35. The molecule has 0 saturated heterocycles. The minimum Gasteiger partial charge on any atom is -0.323 e. The molecule has 2 aliphatic rings. The maximum absolute atomic E-state index is 12.8. The van der Waals surface area contributed by atoms with Gasteiger partial charge in [0.1, 0.15) is 11.6 Å². The normalized spacial score (nSPS) is 20.0. The van der Waals surface area contributed by atoms with Gasteiger partial charge in [-0.05, 0) is 24.3 Å². The zero-order valence-electron chi connectivity index (χ0n) is 14.3. The highest BCUT2D eigenvalue weighted by atomic mass is 16.1. The number of benzene rings is 2. The minimum atomic E-state index is -0.472. The first-order chi connectivity index (χ1) is 13.3. The van der Waals surface area contributed by atoms with Gasteiger partial charge in [-0.15, -0.1) is 0 Å². The SMILES string of the molecule is N#C[C@H]1c2nc3ccccc3nc2N2C=CC(C(=O)c3ccccc3)=C[C@H]12. The molecule has 3 heterocycles. The summed E-state index contributed by atoms with van der Waals surface area (Å²) in [6, 6.07) is 18.8. The fourth-order valence-corrected chi connectivity index (χ4v) is 3.66. The lowest BCUT2D eigenvalue weighted by Crippen LogP contribution is -2.31. The lowest BCUT2D eigenvalue weighted by Gasteiger charge is -2.25. The van der Waals surface area contributed by atoms with Crippen LogP contribution in [0.3, 0.4) is 0 Å². The molecular formula is C22H14N4O. The fraction of sp³-hybridized carbons (Fsp3) is 0.0909. The second-order valence-corrected chi connectivity index (χ2v) is 6.56. The second kappa shape index (κ2) is 5.89. The summed E-state index contributed by atoms with van der Waals surface area (Å²) in [4.78, 5) is 24.1. The first-order valence-corrected chi connectivity index (χ1v) is 8.70. The van der Waals surface area contributed by atoms with E-state index in [4.69, 9.17) is 4.98 Å². The first-order valence-electron chi connectivity index (χ1n) is 8.70. The van der Waals surface area contributed by atoms with Crippen LogP contribution in [0.25, 0.3) is 11.0 Å². The van der Waals surface area contributed by atoms with Crippen molar-refractivity contribution >= 4 is 22.6 Å². The minimum absolute atomic E-state index is 0.0507. The van der Waals surface area contributed by atoms with Gasteiger partial charge in [0.05, 0.1) is 23.1 Å². The van der Waals surface area contributed by atoms with Crippen LogP contribution in [0, 0.1) is 11.3 Å². The molecule has 1 aromatic heterocycles. The molecule has 2 aromatic carbocycles. The van der Waals surface area contributed by atoms with Crippen LogP contribution in [0.4, 0.5) is 5.82 Å². The number of hydrogen-bond donors (Lipinski definition) is 0. The smallest absolute Gasteiger partial charge is 0.192 e. The van der Waals surface area contributed by atoms with Gasteiger partial charge in [0.25, 0.3) is 0 Å². The molecule has 0 amide bonds. The molecule has 0 spiro atoms. The average Bonchev–Trinajstić information content (AvgIpc) is 3.04. The second-order valence-electron chi connectivity index (χ2n) is 6.56. The third-order valence-electron chi connectivity index (χ3n) is 4.98. The van der Waals surface area contributed by atoms with E-state index in [1.807, 2.05) is 59.6 Å². The largest absolute Gasteiger partial charge is 0.323 e. The number of hydrogen-bond acceptors (Lipinski definition) is 5. The molecule has 2 aliphatic heterocycles. The fourth-order valence-electron chi connectivity index (χ4n) is 3.66. The third-order valence-corrected chi connectivity index (χ3v) is 4.98. The Kier molecular flexibility index (Phi) is 3.37. The van der Waals surface area contributed by atoms with Crippen molar-refractivity contribution in [1.29, 1.82) is 5.26 Å². The summed E-state index contributed by atoms with van der Waals surface area (Å²) in [6.07, 6.45) is 5.48. The monoisotopic (exact) mass is 350 g/mol. The van der Waals surface area contributed by atoms with E-state index in [0.29, 0.717) is 22.6 Å².